The van der Waals surface area contributed by atoms with Crippen molar-refractivity contribution in [2.45, 2.75) is 0 Å². The van der Waals surface area contributed by atoms with Gasteiger partial charge in [-0.25, -0.2) is 9.18 Å². The highest BCUT2D eigenvalue weighted by molar-refractivity contribution is 6.30. The Kier molecular flexibility index (Phi) is 5.94. The molecule has 0 unspecified atom stereocenters. The van der Waals surface area contributed by atoms with Crippen molar-refractivity contribution in [1.29, 1.82) is 0 Å². The number of carbonyl (C=O) groups is 2. The lowest BCUT2D eigenvalue weighted by molar-refractivity contribution is -0.149. The highest BCUT2D eigenvalue weighted by Gasteiger charge is 2.09. The van der Waals surface area contributed by atoms with Crippen LogP contribution >= 0.6 is 11.6 Å². The molecular weight excluding hydrogens is 325 g/mol. The molecule has 0 fully saturated rings. The molecule has 120 valence electrons. The fourth-order valence-corrected chi connectivity index (χ4v) is 1.83. The molecule has 2 aromatic rings. The smallest absolute Gasteiger partial charge is 0.344 e. The SMILES string of the molecule is O=C(COC(=O)COc1cccc(Cl)c1)Nc1cccc(F)c1. The van der Waals surface area contributed by atoms with E-state index < -0.39 is 24.3 Å². The van der Waals surface area contributed by atoms with Crippen molar-refractivity contribution in [3.63, 3.8) is 0 Å². The van der Waals surface area contributed by atoms with E-state index in [0.29, 0.717) is 10.8 Å². The number of halogens is 2. The summed E-state index contributed by atoms with van der Waals surface area (Å²) in [5.41, 5.74) is 0.279. The van der Waals surface area contributed by atoms with E-state index in [1.165, 1.54) is 18.2 Å². The third-order valence-electron chi connectivity index (χ3n) is 2.63. The first-order valence-corrected chi connectivity index (χ1v) is 7.00. The van der Waals surface area contributed by atoms with Gasteiger partial charge in [-0.1, -0.05) is 23.7 Å². The zero-order valence-corrected chi connectivity index (χ0v) is 12.7. The molecule has 0 bridgehead atoms. The Labute approximate surface area is 137 Å². The predicted octanol–water partition coefficient (Wildman–Crippen LogP) is 3.04. The zero-order chi connectivity index (χ0) is 16.7. The van der Waals surface area contributed by atoms with Gasteiger partial charge in [0.15, 0.2) is 13.2 Å². The predicted molar refractivity (Wildman–Crippen MR) is 82.9 cm³/mol. The van der Waals surface area contributed by atoms with Crippen LogP contribution in [0, 0.1) is 5.82 Å². The van der Waals surface area contributed by atoms with Crippen LogP contribution in [0.4, 0.5) is 10.1 Å². The fourth-order valence-electron chi connectivity index (χ4n) is 1.65. The quantitative estimate of drug-likeness (QED) is 0.823. The minimum absolute atomic E-state index is 0.279. The lowest BCUT2D eigenvalue weighted by atomic mass is 10.3. The molecule has 0 radical (unpaired) electrons. The number of carbonyl (C=O) groups excluding carboxylic acids is 2. The van der Waals surface area contributed by atoms with Gasteiger partial charge in [0, 0.05) is 10.7 Å². The average molecular weight is 338 g/mol. The number of ether oxygens (including phenoxy) is 2. The van der Waals surface area contributed by atoms with E-state index in [-0.39, 0.29) is 12.3 Å². The molecule has 5 nitrogen and oxygen atoms in total. The largest absolute Gasteiger partial charge is 0.482 e. The first-order valence-electron chi connectivity index (χ1n) is 6.62. The second kappa shape index (κ2) is 8.14. The topological polar surface area (TPSA) is 64.6 Å². The van der Waals surface area contributed by atoms with Gasteiger partial charge in [0.1, 0.15) is 11.6 Å². The van der Waals surface area contributed by atoms with Crippen molar-refractivity contribution in [3.8, 4) is 5.75 Å². The third-order valence-corrected chi connectivity index (χ3v) is 2.86. The van der Waals surface area contributed by atoms with Gasteiger partial charge in [-0.15, -0.1) is 0 Å². The summed E-state index contributed by atoms with van der Waals surface area (Å²) < 4.78 is 22.9. The Balaban J connectivity index is 1.72. The summed E-state index contributed by atoms with van der Waals surface area (Å²) in [7, 11) is 0. The second-order valence-corrected chi connectivity index (χ2v) is 4.90. The van der Waals surface area contributed by atoms with Crippen molar-refractivity contribution >= 4 is 29.2 Å². The lowest BCUT2D eigenvalue weighted by Crippen LogP contribution is -2.23. The van der Waals surface area contributed by atoms with E-state index in [0.717, 1.165) is 6.07 Å². The summed E-state index contributed by atoms with van der Waals surface area (Å²) in [5, 5.41) is 2.88. The van der Waals surface area contributed by atoms with Gasteiger partial charge in [-0.2, -0.15) is 0 Å². The van der Waals surface area contributed by atoms with Crippen LogP contribution in [0.15, 0.2) is 48.5 Å². The molecule has 2 aromatic carbocycles. The standard InChI is InChI=1S/C16H13ClFNO4/c17-11-3-1-6-14(7-11)22-10-16(21)23-9-15(20)19-13-5-2-4-12(18)8-13/h1-8H,9-10H2,(H,19,20). The molecule has 1 amide bonds. The molecule has 0 saturated heterocycles. The van der Waals surface area contributed by atoms with Gasteiger partial charge in [0.05, 0.1) is 0 Å². The van der Waals surface area contributed by atoms with Crippen molar-refractivity contribution in [2.75, 3.05) is 18.5 Å². The monoisotopic (exact) mass is 337 g/mol. The van der Waals surface area contributed by atoms with Crippen molar-refractivity contribution in [3.05, 3.63) is 59.4 Å². The van der Waals surface area contributed by atoms with E-state index in [1.807, 2.05) is 0 Å². The Hall–Kier alpha value is -2.60. The van der Waals surface area contributed by atoms with E-state index in [2.05, 4.69) is 5.32 Å². The summed E-state index contributed by atoms with van der Waals surface area (Å²) in [6, 6.07) is 11.9. The average Bonchev–Trinajstić information content (AvgIpc) is 2.51. The number of anilines is 1. The lowest BCUT2D eigenvalue weighted by Gasteiger charge is -2.08. The summed E-state index contributed by atoms with van der Waals surface area (Å²) in [5.74, 6) is -1.35. The molecule has 0 heterocycles. The van der Waals surface area contributed by atoms with Crippen LogP contribution in [0.1, 0.15) is 0 Å². The Morgan fingerprint density at radius 2 is 1.87 bits per heavy atom. The van der Waals surface area contributed by atoms with Crippen LogP contribution < -0.4 is 10.1 Å². The number of amides is 1. The van der Waals surface area contributed by atoms with Crippen LogP contribution in [0.25, 0.3) is 0 Å². The number of hydrogen-bond donors (Lipinski definition) is 1. The van der Waals surface area contributed by atoms with Crippen LogP contribution in [0.2, 0.25) is 5.02 Å². The van der Waals surface area contributed by atoms with Crippen LogP contribution in [0.3, 0.4) is 0 Å². The van der Waals surface area contributed by atoms with Crippen LogP contribution in [-0.2, 0) is 14.3 Å². The van der Waals surface area contributed by atoms with Gasteiger partial charge in [-0.05, 0) is 36.4 Å². The molecule has 0 aliphatic rings. The Morgan fingerprint density at radius 1 is 1.09 bits per heavy atom. The van der Waals surface area contributed by atoms with Gasteiger partial charge < -0.3 is 14.8 Å². The maximum absolute atomic E-state index is 13.0. The van der Waals surface area contributed by atoms with Crippen molar-refractivity contribution in [1.82, 2.24) is 0 Å². The number of esters is 1. The molecule has 0 aliphatic heterocycles. The highest BCUT2D eigenvalue weighted by atomic mass is 35.5. The molecular formula is C16H13ClFNO4. The van der Waals surface area contributed by atoms with Crippen molar-refractivity contribution in [2.24, 2.45) is 0 Å². The molecule has 2 rings (SSSR count). The maximum atomic E-state index is 13.0. The first kappa shape index (κ1) is 16.8. The van der Waals surface area contributed by atoms with Gasteiger partial charge in [0.25, 0.3) is 5.91 Å². The van der Waals surface area contributed by atoms with Gasteiger partial charge in [0.2, 0.25) is 0 Å². The van der Waals surface area contributed by atoms with Gasteiger partial charge in [-0.3, -0.25) is 4.79 Å². The Morgan fingerprint density at radius 3 is 2.61 bits per heavy atom. The van der Waals surface area contributed by atoms with Crippen LogP contribution in [-0.4, -0.2) is 25.1 Å². The molecule has 23 heavy (non-hydrogen) atoms. The summed E-state index contributed by atoms with van der Waals surface area (Å²) >= 11 is 5.78. The molecule has 1 N–H and O–H groups in total. The second-order valence-electron chi connectivity index (χ2n) is 4.47. The van der Waals surface area contributed by atoms with Gasteiger partial charge >= 0.3 is 5.97 Å². The fraction of sp³-hybridized carbons (Fsp3) is 0.125. The van der Waals surface area contributed by atoms with E-state index >= 15 is 0 Å². The normalized spacial score (nSPS) is 10.0. The zero-order valence-electron chi connectivity index (χ0n) is 11.9. The highest BCUT2D eigenvalue weighted by Crippen LogP contribution is 2.16. The third kappa shape index (κ3) is 5.96. The Bertz CT molecular complexity index is 708. The summed E-state index contributed by atoms with van der Waals surface area (Å²) in [6.07, 6.45) is 0. The number of hydrogen-bond acceptors (Lipinski definition) is 4. The molecule has 0 aromatic heterocycles. The number of nitrogens with one attached hydrogen (secondary N) is 1. The molecule has 0 atom stereocenters. The van der Waals surface area contributed by atoms with E-state index in [4.69, 9.17) is 21.1 Å². The maximum Gasteiger partial charge on any atom is 0.344 e. The molecule has 0 aliphatic carbocycles. The van der Waals surface area contributed by atoms with Crippen molar-refractivity contribution < 1.29 is 23.5 Å². The molecule has 0 saturated carbocycles. The summed E-state index contributed by atoms with van der Waals surface area (Å²) in [4.78, 5) is 23.1. The minimum atomic E-state index is -0.709. The first-order chi connectivity index (χ1) is 11.0. The molecule has 0 spiro atoms. The number of rotatable bonds is 6. The van der Waals surface area contributed by atoms with E-state index in [9.17, 15) is 14.0 Å². The number of benzene rings is 2. The molecule has 7 heteroatoms. The minimum Gasteiger partial charge on any atom is -0.482 e. The van der Waals surface area contributed by atoms with E-state index in [1.54, 1.807) is 24.3 Å². The summed E-state index contributed by atoms with van der Waals surface area (Å²) in [6.45, 7) is -0.845. The van der Waals surface area contributed by atoms with Crippen LogP contribution in [0.5, 0.6) is 5.75 Å².